The van der Waals surface area contributed by atoms with Crippen molar-refractivity contribution >= 4 is 11.9 Å². The van der Waals surface area contributed by atoms with Crippen molar-refractivity contribution in [1.29, 1.82) is 0 Å². The van der Waals surface area contributed by atoms with Gasteiger partial charge < -0.3 is 15.3 Å². The minimum atomic E-state index is -0.954. The number of hydrogen-bond donors (Lipinski definition) is 2. The highest BCUT2D eigenvalue weighted by atomic mass is 16.4. The summed E-state index contributed by atoms with van der Waals surface area (Å²) < 4.78 is 0. The second kappa shape index (κ2) is 6.00. The quantitative estimate of drug-likeness (QED) is 0.739. The molecule has 2 N–H and O–H groups in total. The van der Waals surface area contributed by atoms with Crippen LogP contribution < -0.4 is 5.32 Å². The van der Waals surface area contributed by atoms with Crippen LogP contribution >= 0.6 is 0 Å². The fraction of sp³-hybridized carbons (Fsp3) is 0.833. The molecule has 0 aromatic carbocycles. The van der Waals surface area contributed by atoms with Crippen molar-refractivity contribution in [3.63, 3.8) is 0 Å². The van der Waals surface area contributed by atoms with Gasteiger partial charge in [0.1, 0.15) is 6.54 Å². The molecule has 1 amide bonds. The maximum Gasteiger partial charge on any atom is 0.323 e. The molecule has 1 heterocycles. The summed E-state index contributed by atoms with van der Waals surface area (Å²) in [5.74, 6) is -0.475. The number of nitrogens with one attached hydrogen (secondary N) is 1. The van der Waals surface area contributed by atoms with E-state index in [4.69, 9.17) is 5.11 Å². The molecule has 1 saturated heterocycles. The van der Waals surface area contributed by atoms with E-state index in [1.165, 1.54) is 4.90 Å². The minimum Gasteiger partial charge on any atom is -0.480 e. The molecule has 0 radical (unpaired) electrons. The van der Waals surface area contributed by atoms with E-state index in [0.717, 1.165) is 13.0 Å². The molecule has 1 fully saturated rings. The Morgan fingerprint density at radius 3 is 2.53 bits per heavy atom. The van der Waals surface area contributed by atoms with Gasteiger partial charge in [0, 0.05) is 6.54 Å². The van der Waals surface area contributed by atoms with E-state index in [1.807, 2.05) is 20.8 Å². The van der Waals surface area contributed by atoms with Gasteiger partial charge in [-0.1, -0.05) is 20.8 Å². The van der Waals surface area contributed by atoms with Crippen molar-refractivity contribution in [3.8, 4) is 0 Å². The number of carbonyl (C=O) groups excluding carboxylic acids is 1. The van der Waals surface area contributed by atoms with Crippen LogP contribution in [0.4, 0.5) is 0 Å². The highest BCUT2D eigenvalue weighted by molar-refractivity contribution is 5.85. The average Bonchev–Trinajstić information content (AvgIpc) is 2.61. The molecule has 17 heavy (non-hydrogen) atoms. The van der Waals surface area contributed by atoms with Crippen LogP contribution in [0.2, 0.25) is 0 Å². The summed E-state index contributed by atoms with van der Waals surface area (Å²) in [5, 5.41) is 12.0. The molecule has 0 spiro atoms. The topological polar surface area (TPSA) is 69.6 Å². The van der Waals surface area contributed by atoms with Crippen LogP contribution in [0.3, 0.4) is 0 Å². The van der Waals surface area contributed by atoms with Gasteiger partial charge in [-0.05, 0) is 24.8 Å². The molecule has 1 rings (SSSR count). The summed E-state index contributed by atoms with van der Waals surface area (Å²) in [6.07, 6.45) is 0.971. The smallest absolute Gasteiger partial charge is 0.323 e. The van der Waals surface area contributed by atoms with Gasteiger partial charge in [-0.15, -0.1) is 0 Å². The summed E-state index contributed by atoms with van der Waals surface area (Å²) in [5.41, 5.74) is 0. The zero-order valence-electron chi connectivity index (χ0n) is 10.8. The van der Waals surface area contributed by atoms with Crippen LogP contribution in [0, 0.1) is 11.8 Å². The Morgan fingerprint density at radius 2 is 2.12 bits per heavy atom. The Bertz CT molecular complexity index is 291. The molecule has 98 valence electrons. The van der Waals surface area contributed by atoms with Gasteiger partial charge in [0.2, 0.25) is 5.91 Å². The standard InChI is InChI=1S/C12H22N2O3/c1-8(2)6-14(7-10(15)16)12(17)11-9(3)4-5-13-11/h8-9,11,13H,4-7H2,1-3H3,(H,15,16). The van der Waals surface area contributed by atoms with E-state index < -0.39 is 5.97 Å². The fourth-order valence-corrected chi connectivity index (χ4v) is 2.20. The number of hydrogen-bond acceptors (Lipinski definition) is 3. The molecule has 0 aliphatic carbocycles. The monoisotopic (exact) mass is 242 g/mol. The molecule has 2 atom stereocenters. The van der Waals surface area contributed by atoms with Crippen LogP contribution in [0.15, 0.2) is 0 Å². The Labute approximate surface area is 102 Å². The van der Waals surface area contributed by atoms with Crippen LogP contribution in [0.1, 0.15) is 27.2 Å². The molecule has 0 bridgehead atoms. The van der Waals surface area contributed by atoms with E-state index in [-0.39, 0.29) is 30.3 Å². The number of aliphatic carboxylic acids is 1. The van der Waals surface area contributed by atoms with Gasteiger partial charge in [0.15, 0.2) is 0 Å². The summed E-state index contributed by atoms with van der Waals surface area (Å²) in [6, 6.07) is -0.215. The van der Waals surface area contributed by atoms with Crippen LogP contribution in [-0.4, -0.2) is 47.6 Å². The predicted molar refractivity (Wildman–Crippen MR) is 64.6 cm³/mol. The van der Waals surface area contributed by atoms with Crippen LogP contribution in [0.25, 0.3) is 0 Å². The van der Waals surface area contributed by atoms with Crippen LogP contribution in [0.5, 0.6) is 0 Å². The summed E-state index contributed by atoms with van der Waals surface area (Å²) in [7, 11) is 0. The lowest BCUT2D eigenvalue weighted by Gasteiger charge is -2.27. The lowest BCUT2D eigenvalue weighted by molar-refractivity contribution is -0.146. The number of carbonyl (C=O) groups is 2. The Hall–Kier alpha value is -1.10. The van der Waals surface area contributed by atoms with Crippen molar-refractivity contribution in [2.24, 2.45) is 11.8 Å². The molecular weight excluding hydrogens is 220 g/mol. The molecule has 0 saturated carbocycles. The molecule has 0 aromatic rings. The van der Waals surface area contributed by atoms with Crippen molar-refractivity contribution in [1.82, 2.24) is 10.2 Å². The third-order valence-electron chi connectivity index (χ3n) is 3.02. The molecule has 5 nitrogen and oxygen atoms in total. The van der Waals surface area contributed by atoms with E-state index in [2.05, 4.69) is 5.32 Å². The van der Waals surface area contributed by atoms with E-state index >= 15 is 0 Å². The summed E-state index contributed by atoms with van der Waals surface area (Å²) in [6.45, 7) is 7.11. The maximum absolute atomic E-state index is 12.2. The molecule has 1 aliphatic heterocycles. The Morgan fingerprint density at radius 1 is 1.47 bits per heavy atom. The summed E-state index contributed by atoms with van der Waals surface area (Å²) in [4.78, 5) is 24.5. The lowest BCUT2D eigenvalue weighted by atomic mass is 10.0. The number of carboxylic acids is 1. The number of nitrogens with zero attached hydrogens (tertiary/aromatic N) is 1. The zero-order valence-corrected chi connectivity index (χ0v) is 10.8. The van der Waals surface area contributed by atoms with Crippen molar-refractivity contribution in [2.45, 2.75) is 33.2 Å². The van der Waals surface area contributed by atoms with Crippen molar-refractivity contribution in [3.05, 3.63) is 0 Å². The second-order valence-electron chi connectivity index (χ2n) is 5.20. The van der Waals surface area contributed by atoms with Gasteiger partial charge in [0.05, 0.1) is 6.04 Å². The maximum atomic E-state index is 12.2. The number of rotatable bonds is 5. The first-order valence-electron chi connectivity index (χ1n) is 6.15. The first-order valence-corrected chi connectivity index (χ1v) is 6.15. The van der Waals surface area contributed by atoms with Gasteiger partial charge in [-0.2, -0.15) is 0 Å². The first-order chi connectivity index (χ1) is 7.91. The molecule has 0 aromatic heterocycles. The van der Waals surface area contributed by atoms with Gasteiger partial charge in [-0.25, -0.2) is 0 Å². The zero-order chi connectivity index (χ0) is 13.0. The largest absolute Gasteiger partial charge is 0.480 e. The predicted octanol–water partition coefficient (Wildman–Crippen LogP) is 0.554. The van der Waals surface area contributed by atoms with Gasteiger partial charge in [0.25, 0.3) is 0 Å². The van der Waals surface area contributed by atoms with E-state index in [9.17, 15) is 9.59 Å². The Balaban J connectivity index is 2.67. The minimum absolute atomic E-state index is 0.0777. The fourth-order valence-electron chi connectivity index (χ4n) is 2.20. The molecule has 5 heteroatoms. The van der Waals surface area contributed by atoms with E-state index in [0.29, 0.717) is 6.54 Å². The Kier molecular flexibility index (Phi) is 4.93. The highest BCUT2D eigenvalue weighted by Gasteiger charge is 2.33. The number of amides is 1. The lowest BCUT2D eigenvalue weighted by Crippen LogP contribution is -2.48. The van der Waals surface area contributed by atoms with E-state index in [1.54, 1.807) is 0 Å². The highest BCUT2D eigenvalue weighted by Crippen LogP contribution is 2.17. The first kappa shape index (κ1) is 14.0. The van der Waals surface area contributed by atoms with Crippen LogP contribution in [-0.2, 0) is 9.59 Å². The van der Waals surface area contributed by atoms with Crippen molar-refractivity contribution < 1.29 is 14.7 Å². The second-order valence-corrected chi connectivity index (χ2v) is 5.20. The third kappa shape index (κ3) is 4.00. The average molecular weight is 242 g/mol. The molecule has 2 unspecified atom stereocenters. The number of carboxylic acid groups (broad SMARTS) is 1. The summed E-state index contributed by atoms with van der Waals surface area (Å²) >= 11 is 0. The van der Waals surface area contributed by atoms with Gasteiger partial charge >= 0.3 is 5.97 Å². The third-order valence-corrected chi connectivity index (χ3v) is 3.02. The van der Waals surface area contributed by atoms with Crippen molar-refractivity contribution in [2.75, 3.05) is 19.6 Å². The SMILES string of the molecule is CC(C)CN(CC(=O)O)C(=O)C1NCCC1C. The molecular formula is C12H22N2O3. The molecule has 1 aliphatic rings. The normalized spacial score (nSPS) is 24.0. The van der Waals surface area contributed by atoms with Gasteiger partial charge in [-0.3, -0.25) is 9.59 Å².